The maximum atomic E-state index is 12.3. The van der Waals surface area contributed by atoms with Crippen molar-refractivity contribution in [3.8, 4) is 67.5 Å². The zero-order valence-electron chi connectivity index (χ0n) is 44.4. The third-order valence-corrected chi connectivity index (χ3v) is 11.1. The Balaban J connectivity index is 0.00000703. The monoisotopic (exact) mass is 989 g/mol. The van der Waals surface area contributed by atoms with Crippen molar-refractivity contribution in [2.75, 3.05) is 0 Å². The number of aromatic hydroxyl groups is 1. The first kappa shape index (κ1) is 34.1. The van der Waals surface area contributed by atoms with E-state index < -0.39 is 35.6 Å². The number of aromatic nitrogens is 3. The van der Waals surface area contributed by atoms with E-state index in [1.807, 2.05) is 92.7 Å². The number of benzene rings is 6. The summed E-state index contributed by atoms with van der Waals surface area (Å²) in [4.78, 5) is 9.97. The molecule has 0 fully saturated rings. The topological polar surface area (TPSA) is 50.9 Å². The molecule has 0 aliphatic heterocycles. The van der Waals surface area contributed by atoms with Crippen molar-refractivity contribution in [3.63, 3.8) is 0 Å². The maximum absolute atomic E-state index is 12.3. The predicted molar refractivity (Wildman–Crippen MR) is 252 cm³/mol. The molecule has 0 radical (unpaired) electrons. The largest absolute Gasteiger partial charge is 0.507 e. The molecule has 6 aromatic carbocycles. The smallest absolute Gasteiger partial charge is 0.148 e. The molecule has 2 heterocycles. The van der Waals surface area contributed by atoms with Gasteiger partial charge in [0.05, 0.1) is 31.9 Å². The van der Waals surface area contributed by atoms with Crippen LogP contribution in [0.1, 0.15) is 119 Å². The number of phenolic OH excluding ortho intramolecular Hbond substituents is 1. The first-order chi connectivity index (χ1) is 31.9. The van der Waals surface area contributed by atoms with E-state index in [-0.39, 0.29) is 79.2 Å². The van der Waals surface area contributed by atoms with Crippen LogP contribution in [0.5, 0.6) is 5.75 Å². The molecule has 2 aromatic heterocycles. The van der Waals surface area contributed by atoms with Crippen LogP contribution in [0.2, 0.25) is 0 Å². The normalized spacial score (nSPS) is 13.8. The fraction of sp³-hybridized carbons (Fsp3) is 0.250. The first-order valence-electron chi connectivity index (χ1n) is 24.6. The molecule has 5 heteroatoms. The molecule has 0 aliphatic carbocycles. The number of hydrogen-bond donors (Lipinski definition) is 1. The summed E-state index contributed by atoms with van der Waals surface area (Å²) in [6.07, 6.45) is -0.483. The van der Waals surface area contributed by atoms with E-state index in [0.717, 1.165) is 44.6 Å². The van der Waals surface area contributed by atoms with Crippen molar-refractivity contribution in [1.29, 1.82) is 0 Å². The second-order valence-corrected chi connectivity index (χ2v) is 17.5. The van der Waals surface area contributed by atoms with Gasteiger partial charge in [0.15, 0.2) is 0 Å². The Morgan fingerprint density at radius 1 is 0.705 bits per heavy atom. The average Bonchev–Trinajstić information content (AvgIpc) is 3.68. The van der Waals surface area contributed by atoms with E-state index in [1.165, 1.54) is 6.92 Å². The van der Waals surface area contributed by atoms with Crippen LogP contribution in [0, 0.1) is 13.0 Å². The minimum absolute atomic E-state index is 0. The van der Waals surface area contributed by atoms with Crippen molar-refractivity contribution in [1.82, 2.24) is 14.5 Å². The first-order valence-corrected chi connectivity index (χ1v) is 20.6. The van der Waals surface area contributed by atoms with E-state index in [1.54, 1.807) is 0 Å². The van der Waals surface area contributed by atoms with Gasteiger partial charge in [0.1, 0.15) is 11.6 Å². The molecule has 8 aromatic rings. The number of rotatable bonds is 9. The minimum Gasteiger partial charge on any atom is -0.507 e. The van der Waals surface area contributed by atoms with Gasteiger partial charge >= 0.3 is 0 Å². The Hall–Kier alpha value is -5.57. The molecule has 0 amide bonds. The van der Waals surface area contributed by atoms with Crippen LogP contribution in [-0.4, -0.2) is 19.6 Å². The molecule has 312 valence electrons. The summed E-state index contributed by atoms with van der Waals surface area (Å²) in [6.45, 7) is 19.8. The molecule has 61 heavy (non-hydrogen) atoms. The number of pyridine rings is 1. The molecule has 0 saturated heterocycles. The van der Waals surface area contributed by atoms with E-state index >= 15 is 0 Å². The summed E-state index contributed by atoms with van der Waals surface area (Å²) < 4.78 is 73.1. The summed E-state index contributed by atoms with van der Waals surface area (Å²) in [6, 6.07) is 31.4. The van der Waals surface area contributed by atoms with Gasteiger partial charge in [0.2, 0.25) is 0 Å². The summed E-state index contributed by atoms with van der Waals surface area (Å²) in [5, 5.41) is 12.3. The number of para-hydroxylation sites is 1. The van der Waals surface area contributed by atoms with Crippen LogP contribution >= 0.6 is 0 Å². The van der Waals surface area contributed by atoms with Crippen molar-refractivity contribution in [2.45, 2.75) is 92.4 Å². The molecular formula is C56H56N3OPt-. The van der Waals surface area contributed by atoms with E-state index in [2.05, 4.69) is 76.2 Å². The third-order valence-electron chi connectivity index (χ3n) is 11.1. The average molecular weight is 990 g/mol. The van der Waals surface area contributed by atoms with E-state index in [9.17, 15) is 6.48 Å². The molecule has 0 spiro atoms. The SMILES string of the molecule is [2H]c1nc(-c2[c-]c(-c3cccc4c3nc(-c3cc(C(C)C)cc(C(C)C)c3O)n4-c3ccc(C([2H])(C)C)cc3-c3ccccc3)cc(C(C)(C)C)c2)c([2H])c(-c2c([2H])c([2H])c(C)c([2H])c2[2H])c1[2H].[Pt]. The number of imidazole rings is 1. The zero-order chi connectivity index (χ0) is 49.5. The van der Waals surface area contributed by atoms with Crippen LogP contribution in [0.3, 0.4) is 0 Å². The van der Waals surface area contributed by atoms with Gasteiger partial charge in [-0.05, 0) is 93.8 Å². The van der Waals surface area contributed by atoms with Gasteiger partial charge in [-0.25, -0.2) is 4.98 Å². The fourth-order valence-electron chi connectivity index (χ4n) is 7.60. The minimum atomic E-state index is -0.894. The van der Waals surface area contributed by atoms with E-state index in [0.29, 0.717) is 33.6 Å². The maximum Gasteiger partial charge on any atom is 0.148 e. The number of fused-ring (bicyclic) bond motifs is 1. The van der Waals surface area contributed by atoms with Crippen LogP contribution < -0.4 is 0 Å². The predicted octanol–water partition coefficient (Wildman–Crippen LogP) is 15.2. The molecule has 4 nitrogen and oxygen atoms in total. The van der Waals surface area contributed by atoms with Crippen molar-refractivity contribution in [3.05, 3.63) is 167 Å². The van der Waals surface area contributed by atoms with Gasteiger partial charge in [-0.3, -0.25) is 9.55 Å². The Bertz CT molecular complexity index is 3290. The fourth-order valence-corrected chi connectivity index (χ4v) is 7.60. The number of phenols is 1. The van der Waals surface area contributed by atoms with Gasteiger partial charge in [0, 0.05) is 39.9 Å². The number of hydrogen-bond acceptors (Lipinski definition) is 3. The summed E-state index contributed by atoms with van der Waals surface area (Å²) in [5.74, 6) is -0.0911. The van der Waals surface area contributed by atoms with Gasteiger partial charge in [-0.15, -0.1) is 29.3 Å². The standard InChI is InChI=1S/C56H56N3O.Pt/c1-34(2)40-23-24-51(48(30-40)39-15-12-11-13-16-39)59-52-18-14-17-46(53(52)58-55(59)49-32-42(35(3)4)31-47(36(5)6)54(49)60)43-27-44(29-45(28-43)56(8,9)10)50-33-41(25-26-57-50)38-21-19-37(7)20-22-38;/h11-26,28-36,60H,1-10H3;/q-1;/i19D,20D,21D,22D,25D,26D,33D,34D;. The second-order valence-electron chi connectivity index (χ2n) is 17.5. The molecule has 8 rings (SSSR count). The molecule has 0 saturated carbocycles. The quantitative estimate of drug-likeness (QED) is 0.147. The molecule has 1 N–H and O–H groups in total. The zero-order valence-corrected chi connectivity index (χ0v) is 38.7. The Morgan fingerprint density at radius 2 is 1.41 bits per heavy atom. The van der Waals surface area contributed by atoms with Crippen LogP contribution in [0.4, 0.5) is 0 Å². The van der Waals surface area contributed by atoms with Crippen LogP contribution in [0.15, 0.2) is 133 Å². The van der Waals surface area contributed by atoms with Crippen molar-refractivity contribution < 1.29 is 37.1 Å². The molecule has 0 unspecified atom stereocenters. The summed E-state index contributed by atoms with van der Waals surface area (Å²) in [5.41, 5.74) is 8.97. The Morgan fingerprint density at radius 3 is 2.08 bits per heavy atom. The van der Waals surface area contributed by atoms with Gasteiger partial charge in [-0.1, -0.05) is 164 Å². The van der Waals surface area contributed by atoms with Crippen molar-refractivity contribution in [2.24, 2.45) is 0 Å². The molecule has 0 bridgehead atoms. The number of nitrogens with zero attached hydrogens (tertiary/aromatic N) is 3. The second kappa shape index (κ2) is 17.4. The van der Waals surface area contributed by atoms with Crippen LogP contribution in [0.25, 0.3) is 72.7 Å². The summed E-state index contributed by atoms with van der Waals surface area (Å²) >= 11 is 0. The molecule has 0 aliphatic rings. The molecular weight excluding hydrogens is 926 g/mol. The molecule has 0 atom stereocenters. The van der Waals surface area contributed by atoms with Crippen LogP contribution in [-0.2, 0) is 26.5 Å². The third kappa shape index (κ3) is 8.66. The summed E-state index contributed by atoms with van der Waals surface area (Å²) in [7, 11) is 0. The van der Waals surface area contributed by atoms with Gasteiger partial charge in [-0.2, -0.15) is 0 Å². The van der Waals surface area contributed by atoms with Gasteiger partial charge < -0.3 is 5.11 Å². The Labute approximate surface area is 388 Å². The van der Waals surface area contributed by atoms with Gasteiger partial charge in [0.25, 0.3) is 0 Å². The van der Waals surface area contributed by atoms with Crippen molar-refractivity contribution >= 4 is 11.0 Å². The Kier molecular flexibility index (Phi) is 9.73. The van der Waals surface area contributed by atoms with E-state index in [4.69, 9.17) is 14.6 Å².